The van der Waals surface area contributed by atoms with Gasteiger partial charge in [0.1, 0.15) is 6.61 Å². The molecule has 1 amide bonds. The lowest BCUT2D eigenvalue weighted by Crippen LogP contribution is -2.48. The maximum absolute atomic E-state index is 12.1. The number of anilines is 1. The van der Waals surface area contributed by atoms with Crippen LogP contribution in [0.3, 0.4) is 0 Å². The summed E-state index contributed by atoms with van der Waals surface area (Å²) in [5.41, 5.74) is 3.38. The lowest BCUT2D eigenvalue weighted by atomic mass is 10.00. The largest absolute Gasteiger partial charge is 0.444 e. The zero-order valence-electron chi connectivity index (χ0n) is 10.6. The molecule has 1 fully saturated rings. The summed E-state index contributed by atoms with van der Waals surface area (Å²) in [6.07, 6.45) is 1.78. The van der Waals surface area contributed by atoms with Gasteiger partial charge in [-0.25, -0.2) is 4.79 Å². The summed E-state index contributed by atoms with van der Waals surface area (Å²) in [4.78, 5) is 13.9. The topological polar surface area (TPSA) is 41.6 Å². The van der Waals surface area contributed by atoms with Crippen LogP contribution in [0.15, 0.2) is 18.2 Å². The quantitative estimate of drug-likeness (QED) is 0.826. The van der Waals surface area contributed by atoms with Crippen molar-refractivity contribution in [1.29, 1.82) is 0 Å². The Morgan fingerprint density at radius 2 is 2.11 bits per heavy atom. The highest BCUT2D eigenvalue weighted by atomic mass is 16.6. The Kier molecular flexibility index (Phi) is 2.96. The molecule has 0 atom stereocenters. The molecule has 1 N–H and O–H groups in total. The van der Waals surface area contributed by atoms with Crippen molar-refractivity contribution in [3.8, 4) is 0 Å². The van der Waals surface area contributed by atoms with Gasteiger partial charge in [0.05, 0.1) is 5.69 Å². The van der Waals surface area contributed by atoms with Gasteiger partial charge >= 0.3 is 6.09 Å². The number of piperidine rings is 1. The highest BCUT2D eigenvalue weighted by Gasteiger charge is 2.33. The average molecular weight is 246 g/mol. The number of amides is 1. The molecule has 0 aromatic heterocycles. The Bertz CT molecular complexity index is 467. The van der Waals surface area contributed by atoms with Crippen LogP contribution in [0, 0.1) is 6.92 Å². The van der Waals surface area contributed by atoms with Gasteiger partial charge in [0.25, 0.3) is 0 Å². The van der Waals surface area contributed by atoms with Crippen LogP contribution in [0.4, 0.5) is 10.5 Å². The number of hydrogen-bond acceptors (Lipinski definition) is 3. The number of rotatable bonds is 1. The van der Waals surface area contributed by atoms with Gasteiger partial charge < -0.3 is 10.1 Å². The molecule has 0 radical (unpaired) electrons. The molecule has 1 aromatic rings. The van der Waals surface area contributed by atoms with Crippen LogP contribution in [0.1, 0.15) is 24.0 Å². The predicted molar refractivity (Wildman–Crippen MR) is 69.7 cm³/mol. The molecule has 3 rings (SSSR count). The van der Waals surface area contributed by atoms with E-state index in [-0.39, 0.29) is 12.1 Å². The molecule has 0 unspecified atom stereocenters. The van der Waals surface area contributed by atoms with E-state index in [2.05, 4.69) is 18.3 Å². The minimum absolute atomic E-state index is 0.194. The second kappa shape index (κ2) is 4.61. The van der Waals surface area contributed by atoms with Crippen LogP contribution in [0.25, 0.3) is 0 Å². The van der Waals surface area contributed by atoms with Gasteiger partial charge in [0, 0.05) is 11.6 Å². The van der Waals surface area contributed by atoms with E-state index in [1.54, 1.807) is 0 Å². The number of fused-ring (bicyclic) bond motifs is 1. The third-order valence-corrected chi connectivity index (χ3v) is 3.86. The first-order chi connectivity index (χ1) is 8.77. The standard InChI is InChI=1S/C14H18N2O2/c1-10-3-2-4-13-12(10)9-18-14(17)16(13)11-5-7-15-8-6-11/h2-4,11,15H,5-9H2,1H3. The zero-order valence-corrected chi connectivity index (χ0v) is 10.6. The number of hydrogen-bond donors (Lipinski definition) is 1. The summed E-state index contributed by atoms with van der Waals surface area (Å²) in [6, 6.07) is 6.38. The fourth-order valence-corrected chi connectivity index (χ4v) is 2.81. The minimum atomic E-state index is -0.194. The molecule has 2 heterocycles. The van der Waals surface area contributed by atoms with Gasteiger partial charge in [-0.2, -0.15) is 0 Å². The smallest absolute Gasteiger partial charge is 0.414 e. The SMILES string of the molecule is Cc1cccc2c1COC(=O)N2C1CCNCC1. The first-order valence-corrected chi connectivity index (χ1v) is 6.52. The fraction of sp³-hybridized carbons (Fsp3) is 0.500. The van der Waals surface area contributed by atoms with E-state index in [1.165, 1.54) is 5.56 Å². The minimum Gasteiger partial charge on any atom is -0.444 e. The van der Waals surface area contributed by atoms with Crippen LogP contribution >= 0.6 is 0 Å². The van der Waals surface area contributed by atoms with Crippen LogP contribution in [0.2, 0.25) is 0 Å². The van der Waals surface area contributed by atoms with E-state index in [4.69, 9.17) is 4.74 Å². The first-order valence-electron chi connectivity index (χ1n) is 6.52. The third-order valence-electron chi connectivity index (χ3n) is 3.86. The van der Waals surface area contributed by atoms with Gasteiger partial charge in [-0.3, -0.25) is 4.90 Å². The molecule has 0 saturated carbocycles. The summed E-state index contributed by atoms with van der Waals surface area (Å²) < 4.78 is 5.32. The lowest BCUT2D eigenvalue weighted by Gasteiger charge is -2.37. The Hall–Kier alpha value is -1.55. The van der Waals surface area contributed by atoms with E-state index < -0.39 is 0 Å². The van der Waals surface area contributed by atoms with Gasteiger partial charge in [-0.1, -0.05) is 12.1 Å². The van der Waals surface area contributed by atoms with Crippen LogP contribution in [0.5, 0.6) is 0 Å². The van der Waals surface area contributed by atoms with Gasteiger partial charge in [0.15, 0.2) is 0 Å². The first kappa shape index (κ1) is 11.5. The Labute approximate surface area is 107 Å². The number of aryl methyl sites for hydroxylation is 1. The van der Waals surface area contributed by atoms with Crippen LogP contribution in [-0.2, 0) is 11.3 Å². The average Bonchev–Trinajstić information content (AvgIpc) is 2.40. The number of carbonyl (C=O) groups excluding carboxylic acids is 1. The summed E-state index contributed by atoms with van der Waals surface area (Å²) in [5.74, 6) is 0. The summed E-state index contributed by atoms with van der Waals surface area (Å²) in [6.45, 7) is 4.41. The molecule has 2 aliphatic rings. The number of nitrogens with zero attached hydrogens (tertiary/aromatic N) is 1. The number of cyclic esters (lactones) is 1. The molecule has 4 heteroatoms. The molecule has 0 aliphatic carbocycles. The monoisotopic (exact) mass is 246 g/mol. The number of carbonyl (C=O) groups is 1. The second-order valence-electron chi connectivity index (χ2n) is 4.98. The molecule has 2 aliphatic heterocycles. The molecule has 0 spiro atoms. The second-order valence-corrected chi connectivity index (χ2v) is 4.98. The molecule has 18 heavy (non-hydrogen) atoms. The van der Waals surface area contributed by atoms with Crippen molar-refractivity contribution in [2.75, 3.05) is 18.0 Å². The molecule has 4 nitrogen and oxygen atoms in total. The fourth-order valence-electron chi connectivity index (χ4n) is 2.81. The third kappa shape index (κ3) is 1.86. The molecule has 96 valence electrons. The molecular weight excluding hydrogens is 228 g/mol. The highest BCUT2D eigenvalue weighted by molar-refractivity contribution is 5.91. The molecule has 1 aromatic carbocycles. The Morgan fingerprint density at radius 1 is 1.33 bits per heavy atom. The van der Waals surface area contributed by atoms with E-state index >= 15 is 0 Å². The predicted octanol–water partition coefficient (Wildman–Crippen LogP) is 2.20. The van der Waals surface area contributed by atoms with Crippen molar-refractivity contribution in [3.05, 3.63) is 29.3 Å². The van der Waals surface area contributed by atoms with E-state index in [0.29, 0.717) is 6.61 Å². The number of benzene rings is 1. The van der Waals surface area contributed by atoms with Gasteiger partial charge in [-0.15, -0.1) is 0 Å². The highest BCUT2D eigenvalue weighted by Crippen LogP contribution is 2.32. The van der Waals surface area contributed by atoms with Crippen molar-refractivity contribution in [2.24, 2.45) is 0 Å². The summed E-state index contributed by atoms with van der Waals surface area (Å²) >= 11 is 0. The van der Waals surface area contributed by atoms with E-state index in [9.17, 15) is 4.79 Å². The maximum Gasteiger partial charge on any atom is 0.414 e. The van der Waals surface area contributed by atoms with Crippen molar-refractivity contribution in [1.82, 2.24) is 5.32 Å². The normalized spacial score (nSPS) is 20.5. The lowest BCUT2D eigenvalue weighted by molar-refractivity contribution is 0.137. The maximum atomic E-state index is 12.1. The molecule has 0 bridgehead atoms. The van der Waals surface area contributed by atoms with Crippen molar-refractivity contribution in [3.63, 3.8) is 0 Å². The van der Waals surface area contributed by atoms with Crippen molar-refractivity contribution < 1.29 is 9.53 Å². The van der Waals surface area contributed by atoms with Crippen LogP contribution < -0.4 is 10.2 Å². The molecule has 1 saturated heterocycles. The Balaban J connectivity index is 1.98. The van der Waals surface area contributed by atoms with Crippen LogP contribution in [-0.4, -0.2) is 25.2 Å². The summed E-state index contributed by atoms with van der Waals surface area (Å²) in [7, 11) is 0. The molecular formula is C14H18N2O2. The van der Waals surface area contributed by atoms with Crippen molar-refractivity contribution in [2.45, 2.75) is 32.4 Å². The zero-order chi connectivity index (χ0) is 12.5. The van der Waals surface area contributed by atoms with Gasteiger partial charge in [0.2, 0.25) is 0 Å². The van der Waals surface area contributed by atoms with Crippen molar-refractivity contribution >= 4 is 11.8 Å². The summed E-state index contributed by atoms with van der Waals surface area (Å²) in [5, 5.41) is 3.33. The van der Waals surface area contributed by atoms with Gasteiger partial charge in [-0.05, 0) is 44.5 Å². The van der Waals surface area contributed by atoms with E-state index in [0.717, 1.165) is 37.2 Å². The number of nitrogens with one attached hydrogen (secondary N) is 1. The number of ether oxygens (including phenoxy) is 1. The van der Waals surface area contributed by atoms with E-state index in [1.807, 2.05) is 17.0 Å². The Morgan fingerprint density at radius 3 is 2.89 bits per heavy atom.